The molecule has 0 N–H and O–H groups in total. The molecular formula is C25H37ClN2O3. The van der Waals surface area contributed by atoms with Crippen molar-refractivity contribution in [1.82, 2.24) is 9.80 Å². The first kappa shape index (κ1) is 24.1. The standard InChI is InChI=1S/C25H37ClN2O3/c1-18-16-22(26)10-9-20(18)15-19(2)25(30)28-13-11-27(12-14-28)23-8-6-4-5-7-21(23)17-24(29)31-3/h9-10,16,19,21,23H,4-8,11-15,17H2,1-3H3. The van der Waals surface area contributed by atoms with E-state index in [1.54, 1.807) is 0 Å². The molecule has 0 radical (unpaired) electrons. The van der Waals surface area contributed by atoms with Crippen LogP contribution in [0.25, 0.3) is 0 Å². The maximum absolute atomic E-state index is 13.1. The smallest absolute Gasteiger partial charge is 0.305 e. The highest BCUT2D eigenvalue weighted by molar-refractivity contribution is 6.30. The third-order valence-electron chi connectivity index (χ3n) is 7.12. The maximum Gasteiger partial charge on any atom is 0.305 e. The zero-order valence-electron chi connectivity index (χ0n) is 19.2. The largest absolute Gasteiger partial charge is 0.469 e. The predicted molar refractivity (Wildman–Crippen MR) is 124 cm³/mol. The number of hydrogen-bond donors (Lipinski definition) is 0. The molecule has 0 bridgehead atoms. The minimum Gasteiger partial charge on any atom is -0.469 e. The first-order chi connectivity index (χ1) is 14.9. The number of piperazine rings is 1. The van der Waals surface area contributed by atoms with Gasteiger partial charge in [-0.2, -0.15) is 0 Å². The van der Waals surface area contributed by atoms with E-state index in [1.807, 2.05) is 30.0 Å². The van der Waals surface area contributed by atoms with Gasteiger partial charge in [0.2, 0.25) is 5.91 Å². The zero-order chi connectivity index (χ0) is 22.4. The molecule has 1 saturated heterocycles. The van der Waals surface area contributed by atoms with Gasteiger partial charge in [0, 0.05) is 49.6 Å². The van der Waals surface area contributed by atoms with E-state index in [-0.39, 0.29) is 17.8 Å². The predicted octanol–water partition coefficient (Wildman–Crippen LogP) is 4.48. The van der Waals surface area contributed by atoms with Crippen LogP contribution in [0.2, 0.25) is 5.02 Å². The summed E-state index contributed by atoms with van der Waals surface area (Å²) >= 11 is 6.07. The van der Waals surface area contributed by atoms with E-state index >= 15 is 0 Å². The molecule has 2 fully saturated rings. The van der Waals surface area contributed by atoms with Gasteiger partial charge >= 0.3 is 5.97 Å². The van der Waals surface area contributed by atoms with Crippen LogP contribution in [0.5, 0.6) is 0 Å². The number of methoxy groups -OCH3 is 1. The van der Waals surface area contributed by atoms with Gasteiger partial charge in [0.05, 0.1) is 7.11 Å². The van der Waals surface area contributed by atoms with E-state index in [0.717, 1.165) is 56.0 Å². The number of halogens is 1. The number of amides is 1. The molecule has 6 heteroatoms. The Balaban J connectivity index is 1.55. The van der Waals surface area contributed by atoms with Crippen molar-refractivity contribution >= 4 is 23.5 Å². The first-order valence-electron chi connectivity index (χ1n) is 11.7. The van der Waals surface area contributed by atoms with Crippen LogP contribution in [0, 0.1) is 18.8 Å². The monoisotopic (exact) mass is 448 g/mol. The average Bonchev–Trinajstić information content (AvgIpc) is 3.00. The highest BCUT2D eigenvalue weighted by Crippen LogP contribution is 2.31. The lowest BCUT2D eigenvalue weighted by atomic mass is 9.89. The van der Waals surface area contributed by atoms with Gasteiger partial charge in [-0.3, -0.25) is 14.5 Å². The molecule has 0 spiro atoms. The highest BCUT2D eigenvalue weighted by Gasteiger charge is 2.34. The molecule has 1 saturated carbocycles. The molecule has 172 valence electrons. The van der Waals surface area contributed by atoms with Crippen LogP contribution in [0.3, 0.4) is 0 Å². The second-order valence-electron chi connectivity index (χ2n) is 9.28. The minimum absolute atomic E-state index is 0.0450. The van der Waals surface area contributed by atoms with Crippen molar-refractivity contribution in [2.45, 2.75) is 64.8 Å². The number of carbonyl (C=O) groups excluding carboxylic acids is 2. The van der Waals surface area contributed by atoms with Gasteiger partial charge < -0.3 is 9.64 Å². The van der Waals surface area contributed by atoms with Crippen molar-refractivity contribution in [3.63, 3.8) is 0 Å². The SMILES string of the molecule is COC(=O)CC1CCCCCC1N1CCN(C(=O)C(C)Cc2ccc(Cl)cc2C)CC1. The Morgan fingerprint density at radius 1 is 1.13 bits per heavy atom. The number of ether oxygens (including phenoxy) is 1. The Labute approximate surface area is 192 Å². The van der Waals surface area contributed by atoms with E-state index in [9.17, 15) is 9.59 Å². The van der Waals surface area contributed by atoms with Crippen LogP contribution < -0.4 is 0 Å². The molecular weight excluding hydrogens is 412 g/mol. The fourth-order valence-electron chi connectivity index (χ4n) is 5.27. The topological polar surface area (TPSA) is 49.9 Å². The second kappa shape index (κ2) is 11.3. The van der Waals surface area contributed by atoms with E-state index < -0.39 is 0 Å². The van der Waals surface area contributed by atoms with Crippen molar-refractivity contribution in [2.75, 3.05) is 33.3 Å². The molecule has 31 heavy (non-hydrogen) atoms. The van der Waals surface area contributed by atoms with Crippen LogP contribution in [-0.4, -0.2) is 61.0 Å². The lowest BCUT2D eigenvalue weighted by molar-refractivity contribution is -0.142. The fourth-order valence-corrected chi connectivity index (χ4v) is 5.50. The van der Waals surface area contributed by atoms with Crippen LogP contribution >= 0.6 is 11.6 Å². The lowest BCUT2D eigenvalue weighted by Gasteiger charge is -2.42. The summed E-state index contributed by atoms with van der Waals surface area (Å²) in [6.45, 7) is 7.39. The van der Waals surface area contributed by atoms with E-state index in [2.05, 4.69) is 11.8 Å². The molecule has 1 aliphatic heterocycles. The molecule has 1 aromatic rings. The van der Waals surface area contributed by atoms with Gasteiger partial charge in [-0.1, -0.05) is 43.9 Å². The summed E-state index contributed by atoms with van der Waals surface area (Å²) in [5.74, 6) is 0.457. The second-order valence-corrected chi connectivity index (χ2v) is 9.72. The summed E-state index contributed by atoms with van der Waals surface area (Å²) in [5.41, 5.74) is 2.33. The van der Waals surface area contributed by atoms with Crippen molar-refractivity contribution in [2.24, 2.45) is 11.8 Å². The molecule has 1 heterocycles. The summed E-state index contributed by atoms with van der Waals surface area (Å²) in [6, 6.07) is 6.32. The van der Waals surface area contributed by atoms with Crippen LogP contribution in [0.1, 0.15) is 56.6 Å². The number of nitrogens with zero attached hydrogens (tertiary/aromatic N) is 2. The summed E-state index contributed by atoms with van der Waals surface area (Å²) < 4.78 is 4.95. The molecule has 1 aromatic carbocycles. The number of esters is 1. The summed E-state index contributed by atoms with van der Waals surface area (Å²) in [5, 5.41) is 0.736. The number of benzene rings is 1. The third-order valence-corrected chi connectivity index (χ3v) is 7.36. The highest BCUT2D eigenvalue weighted by atomic mass is 35.5. The summed E-state index contributed by atoms with van der Waals surface area (Å²) in [4.78, 5) is 29.6. The molecule has 3 rings (SSSR count). The van der Waals surface area contributed by atoms with Gasteiger partial charge in [-0.05, 0) is 55.4 Å². The van der Waals surface area contributed by atoms with E-state index in [1.165, 1.54) is 31.9 Å². The average molecular weight is 449 g/mol. The number of rotatable bonds is 6. The van der Waals surface area contributed by atoms with Crippen molar-refractivity contribution < 1.29 is 14.3 Å². The van der Waals surface area contributed by atoms with Crippen LogP contribution in [-0.2, 0) is 20.7 Å². The normalized spacial score (nSPS) is 23.8. The Bertz CT molecular complexity index is 761. The number of carbonyl (C=O) groups is 2. The van der Waals surface area contributed by atoms with Crippen molar-refractivity contribution in [3.8, 4) is 0 Å². The molecule has 1 amide bonds. The summed E-state index contributed by atoms with van der Waals surface area (Å²) in [7, 11) is 1.48. The lowest BCUT2D eigenvalue weighted by Crippen LogP contribution is -2.54. The fraction of sp³-hybridized carbons (Fsp3) is 0.680. The van der Waals surface area contributed by atoms with Crippen LogP contribution in [0.15, 0.2) is 18.2 Å². The zero-order valence-corrected chi connectivity index (χ0v) is 20.0. The van der Waals surface area contributed by atoms with Gasteiger partial charge in [0.25, 0.3) is 0 Å². The Hall–Kier alpha value is -1.59. The van der Waals surface area contributed by atoms with Gasteiger partial charge in [-0.25, -0.2) is 0 Å². The molecule has 3 unspecified atom stereocenters. The van der Waals surface area contributed by atoms with Gasteiger partial charge in [-0.15, -0.1) is 0 Å². The van der Waals surface area contributed by atoms with E-state index in [0.29, 0.717) is 18.4 Å². The number of aryl methyl sites for hydroxylation is 1. The van der Waals surface area contributed by atoms with Crippen LogP contribution in [0.4, 0.5) is 0 Å². The molecule has 2 aliphatic rings. The Morgan fingerprint density at radius 3 is 2.52 bits per heavy atom. The van der Waals surface area contributed by atoms with E-state index in [4.69, 9.17) is 16.3 Å². The first-order valence-corrected chi connectivity index (χ1v) is 12.1. The number of hydrogen-bond acceptors (Lipinski definition) is 4. The minimum atomic E-state index is -0.1000. The van der Waals surface area contributed by atoms with Crippen molar-refractivity contribution in [3.05, 3.63) is 34.3 Å². The van der Waals surface area contributed by atoms with Gasteiger partial charge in [0.1, 0.15) is 0 Å². The molecule has 3 atom stereocenters. The molecule has 1 aliphatic carbocycles. The van der Waals surface area contributed by atoms with Gasteiger partial charge in [0.15, 0.2) is 0 Å². The molecule has 5 nitrogen and oxygen atoms in total. The van der Waals surface area contributed by atoms with Crippen molar-refractivity contribution in [1.29, 1.82) is 0 Å². The third kappa shape index (κ3) is 6.45. The quantitative estimate of drug-likeness (QED) is 0.475. The summed E-state index contributed by atoms with van der Waals surface area (Å²) in [6.07, 6.45) is 7.15. The maximum atomic E-state index is 13.1. The molecule has 0 aromatic heterocycles. The Kier molecular flexibility index (Phi) is 8.79. The Morgan fingerprint density at radius 2 is 1.84 bits per heavy atom.